The standard InChI is InChI=1S/C45H30O12/c1-52-40(46)31-7-4-28-22-37(13-10-25(28)16-31)55-43(49)34-19-35(44(50)56-38-14-11-26-17-32(41(47)53-2)8-5-29(26)23-38)21-36(20-34)45(51)57-39-15-12-27-18-33(42(48)54-3)9-6-30(27)24-39/h4-24H,1-3H3. The van der Waals surface area contributed by atoms with Gasteiger partial charge in [0.25, 0.3) is 0 Å². The van der Waals surface area contributed by atoms with Crippen LogP contribution in [0.15, 0.2) is 127 Å². The van der Waals surface area contributed by atoms with Crippen molar-refractivity contribution >= 4 is 68.1 Å². The van der Waals surface area contributed by atoms with E-state index in [4.69, 9.17) is 28.4 Å². The first-order chi connectivity index (χ1) is 27.5. The number of carbonyl (C=O) groups is 6. The van der Waals surface area contributed by atoms with Crippen molar-refractivity contribution in [1.82, 2.24) is 0 Å². The van der Waals surface area contributed by atoms with Gasteiger partial charge in [-0.3, -0.25) is 0 Å². The Kier molecular flexibility index (Phi) is 10.4. The minimum Gasteiger partial charge on any atom is -0.465 e. The van der Waals surface area contributed by atoms with Gasteiger partial charge in [0.1, 0.15) is 17.2 Å². The molecule has 282 valence electrons. The maximum atomic E-state index is 13.6. The number of hydrogen-bond donors (Lipinski definition) is 0. The summed E-state index contributed by atoms with van der Waals surface area (Å²) in [6.45, 7) is 0. The van der Waals surface area contributed by atoms with Crippen molar-refractivity contribution in [1.29, 1.82) is 0 Å². The van der Waals surface area contributed by atoms with Gasteiger partial charge in [-0.2, -0.15) is 0 Å². The highest BCUT2D eigenvalue weighted by Gasteiger charge is 2.21. The third-order valence-corrected chi connectivity index (χ3v) is 8.97. The molecule has 0 heterocycles. The van der Waals surface area contributed by atoms with Gasteiger partial charge in [-0.15, -0.1) is 0 Å². The monoisotopic (exact) mass is 762 g/mol. The molecule has 0 bridgehead atoms. The fourth-order valence-electron chi connectivity index (χ4n) is 6.08. The first kappa shape index (κ1) is 37.5. The van der Waals surface area contributed by atoms with Crippen LogP contribution in [0.3, 0.4) is 0 Å². The van der Waals surface area contributed by atoms with Crippen LogP contribution < -0.4 is 14.2 Å². The van der Waals surface area contributed by atoms with Crippen molar-refractivity contribution in [3.05, 3.63) is 161 Å². The highest BCUT2D eigenvalue weighted by atomic mass is 16.5. The Bertz CT molecular complexity index is 2490. The first-order valence-electron chi connectivity index (χ1n) is 17.2. The van der Waals surface area contributed by atoms with Gasteiger partial charge in [0.15, 0.2) is 0 Å². The molecule has 12 heteroatoms. The molecule has 7 aromatic rings. The van der Waals surface area contributed by atoms with Gasteiger partial charge in [0.05, 0.1) is 54.7 Å². The van der Waals surface area contributed by atoms with E-state index >= 15 is 0 Å². The molecule has 12 nitrogen and oxygen atoms in total. The van der Waals surface area contributed by atoms with Crippen LogP contribution in [-0.4, -0.2) is 57.1 Å². The van der Waals surface area contributed by atoms with E-state index in [1.54, 1.807) is 91.0 Å². The van der Waals surface area contributed by atoms with Crippen molar-refractivity contribution in [2.75, 3.05) is 21.3 Å². The predicted octanol–water partition coefficient (Wildman–Crippen LogP) is 8.16. The number of rotatable bonds is 9. The van der Waals surface area contributed by atoms with Crippen molar-refractivity contribution in [2.45, 2.75) is 0 Å². The lowest BCUT2D eigenvalue weighted by Crippen LogP contribution is -2.16. The molecule has 7 aromatic carbocycles. The number of ether oxygens (including phenoxy) is 6. The second-order valence-corrected chi connectivity index (χ2v) is 12.6. The molecule has 0 saturated carbocycles. The summed E-state index contributed by atoms with van der Waals surface area (Å²) in [5.41, 5.74) is 0.600. The summed E-state index contributed by atoms with van der Waals surface area (Å²) >= 11 is 0. The Morgan fingerprint density at radius 3 is 0.789 bits per heavy atom. The molecular weight excluding hydrogens is 732 g/mol. The molecule has 0 aliphatic rings. The topological polar surface area (TPSA) is 158 Å². The molecule has 0 aliphatic carbocycles. The van der Waals surface area contributed by atoms with Crippen LogP contribution in [0.1, 0.15) is 62.1 Å². The second-order valence-electron chi connectivity index (χ2n) is 12.6. The molecule has 0 aliphatic heterocycles. The van der Waals surface area contributed by atoms with Gasteiger partial charge in [0, 0.05) is 0 Å². The zero-order valence-electron chi connectivity index (χ0n) is 30.5. The van der Waals surface area contributed by atoms with Gasteiger partial charge >= 0.3 is 35.8 Å². The van der Waals surface area contributed by atoms with Gasteiger partial charge < -0.3 is 28.4 Å². The van der Waals surface area contributed by atoms with Gasteiger partial charge in [0.2, 0.25) is 0 Å². The maximum Gasteiger partial charge on any atom is 0.343 e. The van der Waals surface area contributed by atoms with Crippen LogP contribution in [0.2, 0.25) is 0 Å². The molecule has 0 N–H and O–H groups in total. The maximum absolute atomic E-state index is 13.6. The minimum atomic E-state index is -0.886. The highest BCUT2D eigenvalue weighted by molar-refractivity contribution is 6.03. The van der Waals surface area contributed by atoms with Crippen LogP contribution in [-0.2, 0) is 14.2 Å². The highest BCUT2D eigenvalue weighted by Crippen LogP contribution is 2.27. The number of benzene rings is 7. The van der Waals surface area contributed by atoms with Gasteiger partial charge in [-0.25, -0.2) is 28.8 Å². The number of fused-ring (bicyclic) bond motifs is 3. The molecular formula is C45H30O12. The average Bonchev–Trinajstić information content (AvgIpc) is 3.24. The largest absolute Gasteiger partial charge is 0.465 e. The molecule has 7 rings (SSSR count). The summed E-state index contributed by atoms with van der Waals surface area (Å²) in [6.07, 6.45) is 0. The van der Waals surface area contributed by atoms with Crippen molar-refractivity contribution in [3.8, 4) is 17.2 Å². The smallest absolute Gasteiger partial charge is 0.343 e. The Labute approximate surface area is 324 Å². The van der Waals surface area contributed by atoms with E-state index in [0.717, 1.165) is 0 Å². The van der Waals surface area contributed by atoms with Crippen molar-refractivity contribution in [2.24, 2.45) is 0 Å². The van der Waals surface area contributed by atoms with E-state index in [1.807, 2.05) is 0 Å². The van der Waals surface area contributed by atoms with Crippen LogP contribution in [0.5, 0.6) is 17.2 Å². The summed E-state index contributed by atoms with van der Waals surface area (Å²) < 4.78 is 31.4. The average molecular weight is 763 g/mol. The predicted molar refractivity (Wildman–Crippen MR) is 207 cm³/mol. The summed E-state index contributed by atoms with van der Waals surface area (Å²) in [4.78, 5) is 76.8. The van der Waals surface area contributed by atoms with E-state index in [9.17, 15) is 28.8 Å². The molecule has 0 unspecified atom stereocenters. The lowest BCUT2D eigenvalue weighted by molar-refractivity contribution is 0.0592. The lowest BCUT2D eigenvalue weighted by atomic mass is 10.0. The summed E-state index contributed by atoms with van der Waals surface area (Å²) in [6, 6.07) is 32.8. The summed E-state index contributed by atoms with van der Waals surface area (Å²) in [5.74, 6) is -3.66. The zero-order chi connectivity index (χ0) is 40.2. The van der Waals surface area contributed by atoms with Crippen LogP contribution in [0, 0.1) is 0 Å². The fourth-order valence-corrected chi connectivity index (χ4v) is 6.08. The summed E-state index contributed by atoms with van der Waals surface area (Å²) in [5, 5.41) is 4.10. The van der Waals surface area contributed by atoms with E-state index in [1.165, 1.54) is 57.7 Å². The quantitative estimate of drug-likeness (QED) is 0.0791. The molecule has 0 spiro atoms. The van der Waals surface area contributed by atoms with Crippen LogP contribution in [0.25, 0.3) is 32.3 Å². The van der Waals surface area contributed by atoms with E-state index < -0.39 is 35.8 Å². The van der Waals surface area contributed by atoms with Crippen LogP contribution in [0.4, 0.5) is 0 Å². The van der Waals surface area contributed by atoms with E-state index in [-0.39, 0.29) is 33.9 Å². The zero-order valence-corrected chi connectivity index (χ0v) is 30.5. The molecule has 57 heavy (non-hydrogen) atoms. The third-order valence-electron chi connectivity index (χ3n) is 8.97. The van der Waals surface area contributed by atoms with Gasteiger partial charge in [-0.1, -0.05) is 36.4 Å². The number of hydrogen-bond acceptors (Lipinski definition) is 12. The van der Waals surface area contributed by atoms with Crippen molar-refractivity contribution in [3.63, 3.8) is 0 Å². The molecule has 0 aromatic heterocycles. The minimum absolute atomic E-state index is 0.153. The Morgan fingerprint density at radius 2 is 0.526 bits per heavy atom. The lowest BCUT2D eigenvalue weighted by Gasteiger charge is -2.12. The van der Waals surface area contributed by atoms with Crippen LogP contribution >= 0.6 is 0 Å². The molecule has 0 radical (unpaired) electrons. The van der Waals surface area contributed by atoms with E-state index in [2.05, 4.69) is 0 Å². The SMILES string of the molecule is COC(=O)c1ccc2cc(OC(=O)c3cc(C(=O)Oc4ccc5cc(C(=O)OC)ccc5c4)cc(C(=O)Oc4ccc5cc(C(=O)OC)ccc5c4)c3)ccc2c1. The van der Waals surface area contributed by atoms with Crippen molar-refractivity contribution < 1.29 is 57.2 Å². The Balaban J connectivity index is 1.18. The fraction of sp³-hybridized carbons (Fsp3) is 0.0667. The Hall–Kier alpha value is -7.86. The molecule has 0 atom stereocenters. The molecule has 0 saturated heterocycles. The molecule has 0 fully saturated rings. The summed E-state index contributed by atoms with van der Waals surface area (Å²) in [7, 11) is 3.86. The number of carbonyl (C=O) groups excluding carboxylic acids is 6. The first-order valence-corrected chi connectivity index (χ1v) is 17.2. The normalized spacial score (nSPS) is 10.8. The van der Waals surface area contributed by atoms with E-state index in [0.29, 0.717) is 49.0 Å². The Morgan fingerprint density at radius 1 is 0.281 bits per heavy atom. The number of esters is 6. The molecule has 0 amide bonds. The number of methoxy groups -OCH3 is 3. The second kappa shape index (κ2) is 15.9. The third kappa shape index (κ3) is 8.15. The van der Waals surface area contributed by atoms with Gasteiger partial charge in [-0.05, 0) is 123 Å².